The van der Waals surface area contributed by atoms with Crippen molar-refractivity contribution in [3.8, 4) is 0 Å². The summed E-state index contributed by atoms with van der Waals surface area (Å²) < 4.78 is 13.2. The van der Waals surface area contributed by atoms with Gasteiger partial charge in [0.1, 0.15) is 6.04 Å². The highest BCUT2D eigenvalue weighted by molar-refractivity contribution is 7.82. The van der Waals surface area contributed by atoms with Gasteiger partial charge in [0.2, 0.25) is 0 Å². The van der Waals surface area contributed by atoms with Crippen LogP contribution in [0.15, 0.2) is 0 Å². The van der Waals surface area contributed by atoms with E-state index < -0.39 is 23.0 Å². The van der Waals surface area contributed by atoms with E-state index in [9.17, 15) is 9.00 Å². The van der Waals surface area contributed by atoms with Gasteiger partial charge in [-0.1, -0.05) is 13.8 Å². The van der Waals surface area contributed by atoms with Gasteiger partial charge in [-0.25, -0.2) is 8.51 Å². The van der Waals surface area contributed by atoms with Gasteiger partial charge >= 0.3 is 5.97 Å². The molecule has 0 aromatic heterocycles. The SMILES string of the molecule is CCS(=O)N1CCCC(C)C1C(=O)O. The molecule has 3 unspecified atom stereocenters. The zero-order chi connectivity index (χ0) is 10.7. The molecule has 0 saturated carbocycles. The lowest BCUT2D eigenvalue weighted by Crippen LogP contribution is -2.50. The molecule has 1 rings (SSSR count). The molecule has 0 spiro atoms. The molecule has 3 atom stereocenters. The van der Waals surface area contributed by atoms with Crippen molar-refractivity contribution in [2.24, 2.45) is 5.92 Å². The van der Waals surface area contributed by atoms with Crippen LogP contribution >= 0.6 is 0 Å². The van der Waals surface area contributed by atoms with Gasteiger partial charge in [-0.3, -0.25) is 4.79 Å². The second-order valence-corrected chi connectivity index (χ2v) is 5.34. The number of hydrogen-bond donors (Lipinski definition) is 1. The summed E-state index contributed by atoms with van der Waals surface area (Å²) in [6.07, 6.45) is 1.85. The Morgan fingerprint density at radius 2 is 2.29 bits per heavy atom. The Hall–Kier alpha value is -0.420. The number of aliphatic carboxylic acids is 1. The Morgan fingerprint density at radius 1 is 1.64 bits per heavy atom. The van der Waals surface area contributed by atoms with Crippen molar-refractivity contribution in [2.75, 3.05) is 12.3 Å². The lowest BCUT2D eigenvalue weighted by molar-refractivity contribution is -0.144. The van der Waals surface area contributed by atoms with Crippen LogP contribution in [0.2, 0.25) is 0 Å². The molecule has 0 aromatic rings. The Kier molecular flexibility index (Phi) is 4.07. The number of carbonyl (C=O) groups is 1. The summed E-state index contributed by atoms with van der Waals surface area (Å²) in [7, 11) is -1.13. The van der Waals surface area contributed by atoms with Crippen LogP contribution in [-0.4, -0.2) is 37.9 Å². The molecule has 14 heavy (non-hydrogen) atoms. The quantitative estimate of drug-likeness (QED) is 0.765. The number of nitrogens with zero attached hydrogens (tertiary/aromatic N) is 1. The second kappa shape index (κ2) is 4.89. The number of rotatable bonds is 3. The van der Waals surface area contributed by atoms with Crippen molar-refractivity contribution < 1.29 is 14.1 Å². The lowest BCUT2D eigenvalue weighted by Gasteiger charge is -2.35. The molecule has 0 amide bonds. The zero-order valence-electron chi connectivity index (χ0n) is 8.60. The number of carboxylic acid groups (broad SMARTS) is 1. The molecule has 1 aliphatic rings. The van der Waals surface area contributed by atoms with Crippen LogP contribution in [0, 0.1) is 5.92 Å². The van der Waals surface area contributed by atoms with Crippen LogP contribution in [0.4, 0.5) is 0 Å². The van der Waals surface area contributed by atoms with E-state index in [2.05, 4.69) is 0 Å². The van der Waals surface area contributed by atoms with Gasteiger partial charge in [-0.2, -0.15) is 0 Å². The van der Waals surface area contributed by atoms with E-state index in [0.717, 1.165) is 12.8 Å². The molecule has 82 valence electrons. The molecule has 0 aromatic carbocycles. The van der Waals surface area contributed by atoms with E-state index >= 15 is 0 Å². The highest BCUT2D eigenvalue weighted by atomic mass is 32.2. The number of carboxylic acids is 1. The minimum atomic E-state index is -1.13. The maximum atomic E-state index is 11.6. The van der Waals surface area contributed by atoms with Gasteiger partial charge in [-0.05, 0) is 18.8 Å². The molecule has 0 radical (unpaired) electrons. The van der Waals surface area contributed by atoms with E-state index in [0.29, 0.717) is 12.3 Å². The Morgan fingerprint density at radius 3 is 2.79 bits per heavy atom. The van der Waals surface area contributed by atoms with Crippen molar-refractivity contribution in [3.05, 3.63) is 0 Å². The highest BCUT2D eigenvalue weighted by Gasteiger charge is 2.36. The number of hydrogen-bond acceptors (Lipinski definition) is 2. The van der Waals surface area contributed by atoms with E-state index in [4.69, 9.17) is 5.11 Å². The zero-order valence-corrected chi connectivity index (χ0v) is 9.42. The van der Waals surface area contributed by atoms with Crippen molar-refractivity contribution in [1.29, 1.82) is 0 Å². The van der Waals surface area contributed by atoms with Crippen molar-refractivity contribution >= 4 is 17.0 Å². The predicted molar refractivity (Wildman–Crippen MR) is 55.2 cm³/mol. The summed E-state index contributed by atoms with van der Waals surface area (Å²) in [5.41, 5.74) is 0. The first kappa shape index (κ1) is 11.7. The minimum absolute atomic E-state index is 0.0942. The molecule has 1 saturated heterocycles. The van der Waals surface area contributed by atoms with Gasteiger partial charge < -0.3 is 5.11 Å². The minimum Gasteiger partial charge on any atom is -0.480 e. The monoisotopic (exact) mass is 219 g/mol. The Bertz CT molecular complexity index is 244. The van der Waals surface area contributed by atoms with Crippen LogP contribution in [0.5, 0.6) is 0 Å². The van der Waals surface area contributed by atoms with Crippen molar-refractivity contribution in [1.82, 2.24) is 4.31 Å². The third-order valence-electron chi connectivity index (χ3n) is 2.65. The van der Waals surface area contributed by atoms with Crippen LogP contribution in [-0.2, 0) is 15.8 Å². The fourth-order valence-corrected chi connectivity index (χ4v) is 3.13. The molecule has 5 heteroatoms. The van der Waals surface area contributed by atoms with E-state index in [1.54, 1.807) is 4.31 Å². The first-order valence-corrected chi connectivity index (χ1v) is 6.23. The molecular weight excluding hydrogens is 202 g/mol. The first-order valence-electron chi connectivity index (χ1n) is 4.95. The smallest absolute Gasteiger partial charge is 0.322 e. The average molecular weight is 219 g/mol. The third kappa shape index (κ3) is 2.33. The van der Waals surface area contributed by atoms with E-state index in [1.165, 1.54) is 0 Å². The highest BCUT2D eigenvalue weighted by Crippen LogP contribution is 2.24. The maximum absolute atomic E-state index is 11.6. The molecule has 1 fully saturated rings. The molecule has 1 N–H and O–H groups in total. The molecule has 0 aliphatic carbocycles. The molecule has 1 aliphatic heterocycles. The van der Waals surface area contributed by atoms with Crippen molar-refractivity contribution in [3.63, 3.8) is 0 Å². The summed E-state index contributed by atoms with van der Waals surface area (Å²) in [5.74, 6) is -0.257. The van der Waals surface area contributed by atoms with Crippen LogP contribution < -0.4 is 0 Å². The average Bonchev–Trinajstić information content (AvgIpc) is 2.15. The summed E-state index contributed by atoms with van der Waals surface area (Å²) in [6, 6.07) is -0.565. The largest absolute Gasteiger partial charge is 0.480 e. The molecular formula is C9H17NO3S. The standard InChI is InChI=1S/C9H17NO3S/c1-3-14(13)10-6-4-5-7(2)8(10)9(11)12/h7-8H,3-6H2,1-2H3,(H,11,12). The predicted octanol–water partition coefficient (Wildman–Crippen LogP) is 0.855. The molecule has 0 bridgehead atoms. The number of piperidine rings is 1. The van der Waals surface area contributed by atoms with E-state index in [-0.39, 0.29) is 5.92 Å². The summed E-state index contributed by atoms with van der Waals surface area (Å²) in [5, 5.41) is 9.05. The van der Waals surface area contributed by atoms with Gasteiger partial charge in [0.15, 0.2) is 0 Å². The summed E-state index contributed by atoms with van der Waals surface area (Å²) in [4.78, 5) is 11.0. The Balaban J connectivity index is 2.79. The lowest BCUT2D eigenvalue weighted by atomic mass is 9.93. The summed E-state index contributed by atoms with van der Waals surface area (Å²) >= 11 is 0. The van der Waals surface area contributed by atoms with Crippen LogP contribution in [0.25, 0.3) is 0 Å². The summed E-state index contributed by atoms with van der Waals surface area (Å²) in [6.45, 7) is 4.37. The second-order valence-electron chi connectivity index (χ2n) is 3.65. The fourth-order valence-electron chi connectivity index (χ4n) is 1.91. The van der Waals surface area contributed by atoms with Crippen molar-refractivity contribution in [2.45, 2.75) is 32.7 Å². The van der Waals surface area contributed by atoms with Crippen LogP contribution in [0.1, 0.15) is 26.7 Å². The van der Waals surface area contributed by atoms with Gasteiger partial charge in [0, 0.05) is 12.3 Å². The molecule has 1 heterocycles. The van der Waals surface area contributed by atoms with E-state index in [1.807, 2.05) is 13.8 Å². The fraction of sp³-hybridized carbons (Fsp3) is 0.889. The Labute approximate surface area is 86.9 Å². The normalized spacial score (nSPS) is 31.3. The third-order valence-corrected chi connectivity index (χ3v) is 4.08. The van der Waals surface area contributed by atoms with Crippen LogP contribution in [0.3, 0.4) is 0 Å². The first-order chi connectivity index (χ1) is 6.57. The maximum Gasteiger partial charge on any atom is 0.322 e. The molecule has 4 nitrogen and oxygen atoms in total. The van der Waals surface area contributed by atoms with Gasteiger partial charge in [-0.15, -0.1) is 0 Å². The van der Waals surface area contributed by atoms with Gasteiger partial charge in [0.05, 0.1) is 11.0 Å². The topological polar surface area (TPSA) is 57.6 Å². The van der Waals surface area contributed by atoms with Gasteiger partial charge in [0.25, 0.3) is 0 Å².